The number of piperidine rings is 2. The van der Waals surface area contributed by atoms with E-state index in [9.17, 15) is 19.2 Å². The summed E-state index contributed by atoms with van der Waals surface area (Å²) in [5, 5.41) is 9.19. The number of fused-ring (bicyclic) bond motifs is 2. The standard InChI is InChI=1S/C20H22N4O4/c25-16-5-4-15(18(26)23-16)24-19(27)13-3-1-2-10(17(13)20(24)28)8-21-9-12-6-11-7-14(11)22-12/h1-3,11-12,14-15,21-22H,4-9H2,(H,23,25,26)/t11-,12+,14+,15?/m1/s1. The third-order valence-corrected chi connectivity index (χ3v) is 6.22. The van der Waals surface area contributed by atoms with E-state index in [0.717, 1.165) is 22.9 Å². The van der Waals surface area contributed by atoms with Crippen LogP contribution >= 0.6 is 0 Å². The van der Waals surface area contributed by atoms with Gasteiger partial charge < -0.3 is 10.6 Å². The van der Waals surface area contributed by atoms with E-state index in [1.54, 1.807) is 12.1 Å². The fourth-order valence-corrected chi connectivity index (χ4v) is 4.70. The van der Waals surface area contributed by atoms with Crippen LogP contribution in [0.2, 0.25) is 0 Å². The Hall–Kier alpha value is -2.58. The van der Waals surface area contributed by atoms with Gasteiger partial charge >= 0.3 is 0 Å². The third kappa shape index (κ3) is 2.84. The molecule has 1 aliphatic carbocycles. The Morgan fingerprint density at radius 1 is 1.11 bits per heavy atom. The lowest BCUT2D eigenvalue weighted by Gasteiger charge is -2.27. The van der Waals surface area contributed by atoms with Gasteiger partial charge in [0, 0.05) is 31.6 Å². The van der Waals surface area contributed by atoms with E-state index >= 15 is 0 Å². The van der Waals surface area contributed by atoms with Gasteiger partial charge in [-0.2, -0.15) is 0 Å². The van der Waals surface area contributed by atoms with Gasteiger partial charge in [-0.05, 0) is 36.8 Å². The molecule has 3 N–H and O–H groups in total. The van der Waals surface area contributed by atoms with Crippen molar-refractivity contribution in [3.63, 3.8) is 0 Å². The van der Waals surface area contributed by atoms with Crippen molar-refractivity contribution in [3.8, 4) is 0 Å². The maximum absolute atomic E-state index is 13.0. The molecule has 0 aromatic heterocycles. The van der Waals surface area contributed by atoms with Crippen molar-refractivity contribution in [1.29, 1.82) is 0 Å². The molecule has 1 aromatic rings. The fraction of sp³-hybridized carbons (Fsp3) is 0.500. The smallest absolute Gasteiger partial charge is 0.262 e. The molecule has 8 nitrogen and oxygen atoms in total. The predicted molar refractivity (Wildman–Crippen MR) is 98.3 cm³/mol. The third-order valence-electron chi connectivity index (χ3n) is 6.22. The summed E-state index contributed by atoms with van der Waals surface area (Å²) in [5.41, 5.74) is 1.45. The monoisotopic (exact) mass is 382 g/mol. The molecule has 1 saturated carbocycles. The molecular weight excluding hydrogens is 360 g/mol. The minimum absolute atomic E-state index is 0.120. The van der Waals surface area contributed by atoms with Gasteiger partial charge in [-0.15, -0.1) is 0 Å². The summed E-state index contributed by atoms with van der Waals surface area (Å²) in [6.45, 7) is 1.30. The number of carbonyl (C=O) groups is 4. The fourth-order valence-electron chi connectivity index (χ4n) is 4.70. The molecule has 4 aliphatic rings. The lowest BCUT2D eigenvalue weighted by atomic mass is 10.0. The first-order chi connectivity index (χ1) is 13.5. The van der Waals surface area contributed by atoms with Crippen molar-refractivity contribution in [2.24, 2.45) is 5.92 Å². The molecule has 5 rings (SSSR count). The Balaban J connectivity index is 1.31. The van der Waals surface area contributed by atoms with Crippen LogP contribution in [-0.4, -0.2) is 53.2 Å². The molecule has 8 heteroatoms. The normalized spacial score (nSPS) is 31.1. The summed E-state index contributed by atoms with van der Waals surface area (Å²) in [5.74, 6) is -1.05. The van der Waals surface area contributed by atoms with Crippen molar-refractivity contribution in [2.45, 2.75) is 50.4 Å². The highest BCUT2D eigenvalue weighted by atomic mass is 16.2. The second-order valence-corrected chi connectivity index (χ2v) is 8.12. The van der Waals surface area contributed by atoms with E-state index in [4.69, 9.17) is 0 Å². The van der Waals surface area contributed by atoms with Crippen LogP contribution in [-0.2, 0) is 16.1 Å². The van der Waals surface area contributed by atoms with E-state index in [0.29, 0.717) is 29.8 Å². The van der Waals surface area contributed by atoms with Crippen LogP contribution in [0, 0.1) is 5.92 Å². The zero-order chi connectivity index (χ0) is 19.4. The summed E-state index contributed by atoms with van der Waals surface area (Å²) in [6, 6.07) is 5.44. The number of imide groups is 2. The minimum Gasteiger partial charge on any atom is -0.311 e. The van der Waals surface area contributed by atoms with Crippen molar-refractivity contribution < 1.29 is 19.2 Å². The van der Waals surface area contributed by atoms with Crippen LogP contribution in [0.5, 0.6) is 0 Å². The number of nitrogens with zero attached hydrogens (tertiary/aromatic N) is 1. The molecule has 146 valence electrons. The largest absolute Gasteiger partial charge is 0.311 e. The SMILES string of the molecule is O=C1CCC(N2C(=O)c3cccc(CNC[C@@H]4C[C@@H]5C[C@@H]5N4)c3C2=O)C(=O)N1. The maximum Gasteiger partial charge on any atom is 0.262 e. The number of rotatable bonds is 5. The Morgan fingerprint density at radius 2 is 1.96 bits per heavy atom. The Kier molecular flexibility index (Phi) is 4.06. The maximum atomic E-state index is 13.0. The van der Waals surface area contributed by atoms with Crippen LogP contribution < -0.4 is 16.0 Å². The molecular formula is C20H22N4O4. The molecule has 4 amide bonds. The van der Waals surface area contributed by atoms with Crippen LogP contribution in [0.15, 0.2) is 18.2 Å². The van der Waals surface area contributed by atoms with Gasteiger partial charge in [0.15, 0.2) is 0 Å². The molecule has 28 heavy (non-hydrogen) atoms. The van der Waals surface area contributed by atoms with E-state index in [1.165, 1.54) is 12.8 Å². The highest BCUT2D eigenvalue weighted by Gasteiger charge is 2.46. The number of benzene rings is 1. The van der Waals surface area contributed by atoms with E-state index in [-0.39, 0.29) is 18.7 Å². The Labute approximate surface area is 162 Å². The van der Waals surface area contributed by atoms with Crippen molar-refractivity contribution in [3.05, 3.63) is 34.9 Å². The van der Waals surface area contributed by atoms with E-state index < -0.39 is 23.8 Å². The molecule has 0 spiro atoms. The second-order valence-electron chi connectivity index (χ2n) is 8.12. The van der Waals surface area contributed by atoms with Gasteiger partial charge in [-0.3, -0.25) is 29.4 Å². The molecule has 0 radical (unpaired) electrons. The summed E-state index contributed by atoms with van der Waals surface area (Å²) < 4.78 is 0. The minimum atomic E-state index is -0.930. The number of nitrogens with one attached hydrogen (secondary N) is 3. The van der Waals surface area contributed by atoms with Crippen LogP contribution in [0.25, 0.3) is 0 Å². The Morgan fingerprint density at radius 3 is 2.71 bits per heavy atom. The topological polar surface area (TPSA) is 108 Å². The molecule has 0 bridgehead atoms. The lowest BCUT2D eigenvalue weighted by Crippen LogP contribution is -2.54. The summed E-state index contributed by atoms with van der Waals surface area (Å²) >= 11 is 0. The number of amides is 4. The second kappa shape index (κ2) is 6.49. The highest BCUT2D eigenvalue weighted by molar-refractivity contribution is 6.24. The van der Waals surface area contributed by atoms with Gasteiger partial charge in [0.2, 0.25) is 11.8 Å². The average molecular weight is 382 g/mol. The van der Waals surface area contributed by atoms with Crippen LogP contribution in [0.3, 0.4) is 0 Å². The first-order valence-corrected chi connectivity index (χ1v) is 9.83. The molecule has 3 aliphatic heterocycles. The van der Waals surface area contributed by atoms with E-state index in [1.807, 2.05) is 6.07 Å². The van der Waals surface area contributed by atoms with Crippen molar-refractivity contribution in [1.82, 2.24) is 20.9 Å². The van der Waals surface area contributed by atoms with Gasteiger partial charge in [-0.25, -0.2) is 0 Å². The van der Waals surface area contributed by atoms with Crippen LogP contribution in [0.1, 0.15) is 52.0 Å². The number of carbonyl (C=O) groups excluding carboxylic acids is 4. The molecule has 1 unspecified atom stereocenters. The van der Waals surface area contributed by atoms with Gasteiger partial charge in [-0.1, -0.05) is 12.1 Å². The molecule has 3 heterocycles. The molecule has 3 fully saturated rings. The first kappa shape index (κ1) is 17.5. The Bertz CT molecular complexity index is 888. The lowest BCUT2D eigenvalue weighted by molar-refractivity contribution is -0.136. The summed E-state index contributed by atoms with van der Waals surface area (Å²) in [4.78, 5) is 50.4. The number of hydrogen-bond donors (Lipinski definition) is 3. The van der Waals surface area contributed by atoms with Crippen LogP contribution in [0.4, 0.5) is 0 Å². The first-order valence-electron chi connectivity index (χ1n) is 9.83. The number of hydrogen-bond acceptors (Lipinski definition) is 6. The van der Waals surface area contributed by atoms with E-state index in [2.05, 4.69) is 16.0 Å². The average Bonchev–Trinajstić information content (AvgIpc) is 3.19. The summed E-state index contributed by atoms with van der Waals surface area (Å²) in [7, 11) is 0. The van der Waals surface area contributed by atoms with Crippen molar-refractivity contribution in [2.75, 3.05) is 6.54 Å². The van der Waals surface area contributed by atoms with Gasteiger partial charge in [0.1, 0.15) is 6.04 Å². The van der Waals surface area contributed by atoms with Gasteiger partial charge in [0.05, 0.1) is 11.1 Å². The van der Waals surface area contributed by atoms with Gasteiger partial charge in [0.25, 0.3) is 11.8 Å². The zero-order valence-electron chi connectivity index (χ0n) is 15.4. The molecule has 1 aromatic carbocycles. The predicted octanol–water partition coefficient (Wildman–Crippen LogP) is -0.0722. The summed E-state index contributed by atoms with van der Waals surface area (Å²) in [6.07, 6.45) is 2.76. The highest BCUT2D eigenvalue weighted by Crippen LogP contribution is 2.40. The quantitative estimate of drug-likeness (QED) is 0.616. The zero-order valence-corrected chi connectivity index (χ0v) is 15.4. The molecule has 4 atom stereocenters. The molecule has 2 saturated heterocycles. The van der Waals surface area contributed by atoms with Crippen molar-refractivity contribution >= 4 is 23.6 Å².